The number of nitrogens with zero attached hydrogens (tertiary/aromatic N) is 2. The molecule has 0 aliphatic carbocycles. The molecule has 26 heavy (non-hydrogen) atoms. The van der Waals surface area contributed by atoms with Gasteiger partial charge in [0, 0.05) is 41.8 Å². The van der Waals surface area contributed by atoms with Gasteiger partial charge in [-0.05, 0) is 18.2 Å². The molecule has 4 nitrogen and oxygen atoms in total. The van der Waals surface area contributed by atoms with Crippen molar-refractivity contribution in [3.63, 3.8) is 0 Å². The quantitative estimate of drug-likeness (QED) is 0.665. The third-order valence-corrected chi connectivity index (χ3v) is 6.27. The van der Waals surface area contributed by atoms with E-state index in [1.165, 1.54) is 11.3 Å². The van der Waals surface area contributed by atoms with Gasteiger partial charge in [0.1, 0.15) is 4.88 Å². The lowest BCUT2D eigenvalue weighted by molar-refractivity contribution is 0.0538. The summed E-state index contributed by atoms with van der Waals surface area (Å²) in [7, 11) is 0. The predicted octanol–water partition coefficient (Wildman–Crippen LogP) is 4.15. The fourth-order valence-corrected chi connectivity index (χ4v) is 4.65. The standard InChI is InChI=1S/C20H17ClN2O2S/c21-17-15-8-4-5-9-16(15)26-18(17)20(25)23-12-10-22(11-13-23)19(24)14-6-2-1-3-7-14/h1-9H,10-13H2. The maximum atomic E-state index is 12.9. The molecule has 1 aliphatic heterocycles. The number of thiophene rings is 1. The highest BCUT2D eigenvalue weighted by Gasteiger charge is 2.28. The Hall–Kier alpha value is -2.37. The van der Waals surface area contributed by atoms with E-state index in [0.29, 0.717) is 41.6 Å². The van der Waals surface area contributed by atoms with Crippen LogP contribution in [0.1, 0.15) is 20.0 Å². The summed E-state index contributed by atoms with van der Waals surface area (Å²) in [4.78, 5) is 29.6. The number of piperazine rings is 1. The topological polar surface area (TPSA) is 40.6 Å². The highest BCUT2D eigenvalue weighted by Crippen LogP contribution is 2.36. The van der Waals surface area contributed by atoms with Gasteiger partial charge in [0.15, 0.2) is 0 Å². The molecule has 1 saturated heterocycles. The van der Waals surface area contributed by atoms with Crippen LogP contribution in [0.15, 0.2) is 54.6 Å². The van der Waals surface area contributed by atoms with Crippen molar-refractivity contribution in [1.82, 2.24) is 9.80 Å². The van der Waals surface area contributed by atoms with Gasteiger partial charge >= 0.3 is 0 Å². The molecule has 1 fully saturated rings. The molecule has 2 aromatic carbocycles. The number of halogens is 1. The van der Waals surface area contributed by atoms with Gasteiger partial charge < -0.3 is 9.80 Å². The summed E-state index contributed by atoms with van der Waals surface area (Å²) in [6, 6.07) is 17.0. The zero-order chi connectivity index (χ0) is 18.1. The largest absolute Gasteiger partial charge is 0.335 e. The van der Waals surface area contributed by atoms with E-state index in [1.807, 2.05) is 54.6 Å². The van der Waals surface area contributed by atoms with Crippen molar-refractivity contribution in [2.24, 2.45) is 0 Å². The zero-order valence-electron chi connectivity index (χ0n) is 14.0. The molecule has 2 heterocycles. The van der Waals surface area contributed by atoms with Crippen LogP contribution in [0.5, 0.6) is 0 Å². The van der Waals surface area contributed by atoms with Crippen molar-refractivity contribution in [2.45, 2.75) is 0 Å². The second-order valence-electron chi connectivity index (χ2n) is 6.19. The highest BCUT2D eigenvalue weighted by atomic mass is 35.5. The zero-order valence-corrected chi connectivity index (χ0v) is 15.6. The van der Waals surface area contributed by atoms with Crippen molar-refractivity contribution < 1.29 is 9.59 Å². The SMILES string of the molecule is O=C(c1ccccc1)N1CCN(C(=O)c2sc3ccccc3c2Cl)CC1. The van der Waals surface area contributed by atoms with Crippen LogP contribution in [0.25, 0.3) is 10.1 Å². The molecule has 0 radical (unpaired) electrons. The third kappa shape index (κ3) is 3.08. The van der Waals surface area contributed by atoms with E-state index in [0.717, 1.165) is 10.1 Å². The van der Waals surface area contributed by atoms with Crippen molar-refractivity contribution in [1.29, 1.82) is 0 Å². The molecule has 132 valence electrons. The lowest BCUT2D eigenvalue weighted by Crippen LogP contribution is -2.50. The molecule has 2 amide bonds. The van der Waals surface area contributed by atoms with E-state index in [2.05, 4.69) is 0 Å². The number of hydrogen-bond donors (Lipinski definition) is 0. The summed E-state index contributed by atoms with van der Waals surface area (Å²) in [6.45, 7) is 2.09. The van der Waals surface area contributed by atoms with Crippen LogP contribution in [0.3, 0.4) is 0 Å². The summed E-state index contributed by atoms with van der Waals surface area (Å²) in [5.74, 6) is -0.0411. The van der Waals surface area contributed by atoms with Gasteiger partial charge in [-0.2, -0.15) is 0 Å². The fourth-order valence-electron chi connectivity index (χ4n) is 3.17. The second kappa shape index (κ2) is 7.09. The number of carbonyl (C=O) groups is 2. The van der Waals surface area contributed by atoms with E-state index in [4.69, 9.17) is 11.6 Å². The summed E-state index contributed by atoms with van der Waals surface area (Å²) in [6.07, 6.45) is 0. The molecule has 4 rings (SSSR count). The Balaban J connectivity index is 1.46. The van der Waals surface area contributed by atoms with Crippen LogP contribution in [-0.4, -0.2) is 47.8 Å². The predicted molar refractivity (Wildman–Crippen MR) is 105 cm³/mol. The van der Waals surface area contributed by atoms with Gasteiger partial charge in [0.2, 0.25) is 0 Å². The lowest BCUT2D eigenvalue weighted by atomic mass is 10.2. The molecule has 6 heteroatoms. The van der Waals surface area contributed by atoms with Crippen molar-refractivity contribution in [3.8, 4) is 0 Å². The smallest absolute Gasteiger partial charge is 0.265 e. The number of hydrogen-bond acceptors (Lipinski definition) is 3. The van der Waals surface area contributed by atoms with E-state index in [-0.39, 0.29) is 11.8 Å². The van der Waals surface area contributed by atoms with Crippen LogP contribution < -0.4 is 0 Å². The Bertz CT molecular complexity index is 962. The first-order chi connectivity index (χ1) is 12.6. The number of fused-ring (bicyclic) bond motifs is 1. The maximum absolute atomic E-state index is 12.9. The van der Waals surface area contributed by atoms with Gasteiger partial charge in [-0.1, -0.05) is 48.0 Å². The van der Waals surface area contributed by atoms with Crippen molar-refractivity contribution in [3.05, 3.63) is 70.1 Å². The maximum Gasteiger partial charge on any atom is 0.265 e. The molecule has 0 bridgehead atoms. The van der Waals surface area contributed by atoms with Gasteiger partial charge in [0.05, 0.1) is 5.02 Å². The van der Waals surface area contributed by atoms with Gasteiger partial charge in [-0.25, -0.2) is 0 Å². The average Bonchev–Trinajstić information content (AvgIpc) is 3.04. The summed E-state index contributed by atoms with van der Waals surface area (Å²) in [5, 5.41) is 1.44. The van der Waals surface area contributed by atoms with E-state index >= 15 is 0 Å². The third-order valence-electron chi connectivity index (χ3n) is 4.60. The normalized spacial score (nSPS) is 14.7. The van der Waals surface area contributed by atoms with Crippen LogP contribution in [0.4, 0.5) is 0 Å². The van der Waals surface area contributed by atoms with E-state index < -0.39 is 0 Å². The number of carbonyl (C=O) groups excluding carboxylic acids is 2. The molecule has 0 spiro atoms. The van der Waals surface area contributed by atoms with E-state index in [9.17, 15) is 9.59 Å². The number of benzene rings is 2. The first-order valence-electron chi connectivity index (χ1n) is 8.46. The van der Waals surface area contributed by atoms with Crippen LogP contribution >= 0.6 is 22.9 Å². The second-order valence-corrected chi connectivity index (χ2v) is 7.62. The number of amides is 2. The molecular formula is C20H17ClN2O2S. The van der Waals surface area contributed by atoms with Gasteiger partial charge in [0.25, 0.3) is 11.8 Å². The Morgan fingerprint density at radius 1 is 0.808 bits per heavy atom. The van der Waals surface area contributed by atoms with Crippen LogP contribution in [0.2, 0.25) is 5.02 Å². The molecule has 0 saturated carbocycles. The molecule has 0 unspecified atom stereocenters. The minimum atomic E-state index is -0.0528. The minimum Gasteiger partial charge on any atom is -0.335 e. The minimum absolute atomic E-state index is 0.0117. The fraction of sp³-hybridized carbons (Fsp3) is 0.200. The molecule has 0 N–H and O–H groups in total. The summed E-state index contributed by atoms with van der Waals surface area (Å²) in [5.41, 5.74) is 0.680. The Kier molecular flexibility index (Phi) is 4.66. The van der Waals surface area contributed by atoms with Crippen molar-refractivity contribution >= 4 is 44.8 Å². The van der Waals surface area contributed by atoms with Crippen LogP contribution in [-0.2, 0) is 0 Å². The molecule has 1 aromatic heterocycles. The highest BCUT2D eigenvalue weighted by molar-refractivity contribution is 7.21. The summed E-state index contributed by atoms with van der Waals surface area (Å²) >= 11 is 7.85. The first-order valence-corrected chi connectivity index (χ1v) is 9.65. The summed E-state index contributed by atoms with van der Waals surface area (Å²) < 4.78 is 1.01. The number of rotatable bonds is 2. The lowest BCUT2D eigenvalue weighted by Gasteiger charge is -2.34. The monoisotopic (exact) mass is 384 g/mol. The molecule has 0 atom stereocenters. The Labute approximate surface area is 160 Å². The first kappa shape index (κ1) is 17.1. The molecule has 3 aromatic rings. The molecule has 1 aliphatic rings. The van der Waals surface area contributed by atoms with E-state index in [1.54, 1.807) is 9.80 Å². The Morgan fingerprint density at radius 3 is 2.04 bits per heavy atom. The Morgan fingerprint density at radius 2 is 1.38 bits per heavy atom. The van der Waals surface area contributed by atoms with Crippen LogP contribution in [0, 0.1) is 0 Å². The van der Waals surface area contributed by atoms with Crippen molar-refractivity contribution in [2.75, 3.05) is 26.2 Å². The van der Waals surface area contributed by atoms with Gasteiger partial charge in [-0.15, -0.1) is 11.3 Å². The van der Waals surface area contributed by atoms with Gasteiger partial charge in [-0.3, -0.25) is 9.59 Å². The molecular weight excluding hydrogens is 368 g/mol. The average molecular weight is 385 g/mol.